The average molecular weight is 362 g/mol. The van der Waals surface area contributed by atoms with E-state index >= 15 is 0 Å². The van der Waals surface area contributed by atoms with Crippen LogP contribution in [0, 0.1) is 0 Å². The molecule has 0 aliphatic heterocycles. The van der Waals surface area contributed by atoms with Gasteiger partial charge in [-0.1, -0.05) is 0 Å². The summed E-state index contributed by atoms with van der Waals surface area (Å²) >= 11 is 3.11. The lowest BCUT2D eigenvalue weighted by molar-refractivity contribution is -0.137. The van der Waals surface area contributed by atoms with E-state index in [0.717, 1.165) is 17.7 Å². The molecule has 21 heavy (non-hydrogen) atoms. The van der Waals surface area contributed by atoms with Crippen LogP contribution in [0.3, 0.4) is 0 Å². The molecule has 1 heterocycles. The first-order valence-corrected chi connectivity index (χ1v) is 6.68. The summed E-state index contributed by atoms with van der Waals surface area (Å²) in [6.45, 7) is 0.248. The number of hydrogen-bond acceptors (Lipinski definition) is 2. The lowest BCUT2D eigenvalue weighted by Crippen LogP contribution is -2.26. The highest BCUT2D eigenvalue weighted by molar-refractivity contribution is 9.10. The number of carbonyl (C=O) groups excluding carboxylic acids is 1. The first kappa shape index (κ1) is 15.6. The number of nitrogens with one attached hydrogen (secondary N) is 1. The fourth-order valence-electron chi connectivity index (χ4n) is 1.78. The Balaban J connectivity index is 2.26. The molecule has 112 valence electrons. The lowest BCUT2D eigenvalue weighted by atomic mass is 10.1. The van der Waals surface area contributed by atoms with Gasteiger partial charge < -0.3 is 4.90 Å². The highest BCUT2D eigenvalue weighted by atomic mass is 79.9. The summed E-state index contributed by atoms with van der Waals surface area (Å²) < 4.78 is 38.5. The third-order valence-electron chi connectivity index (χ3n) is 2.85. The third kappa shape index (κ3) is 3.63. The van der Waals surface area contributed by atoms with Gasteiger partial charge in [-0.2, -0.15) is 18.3 Å². The number of amides is 1. The quantitative estimate of drug-likeness (QED) is 0.909. The summed E-state index contributed by atoms with van der Waals surface area (Å²) in [7, 11) is 1.52. The van der Waals surface area contributed by atoms with Crippen molar-refractivity contribution in [2.75, 3.05) is 7.05 Å². The molecule has 8 heteroatoms. The van der Waals surface area contributed by atoms with Crippen LogP contribution >= 0.6 is 15.9 Å². The number of halogens is 4. The predicted octanol–water partition coefficient (Wildman–Crippen LogP) is 3.46. The van der Waals surface area contributed by atoms with Gasteiger partial charge in [0, 0.05) is 29.8 Å². The molecule has 2 rings (SSSR count). The molecule has 0 aliphatic rings. The second-order valence-electron chi connectivity index (χ2n) is 4.46. The number of aromatic amines is 1. The molecule has 0 saturated carbocycles. The summed E-state index contributed by atoms with van der Waals surface area (Å²) in [5, 5.41) is 6.36. The Bertz CT molecular complexity index is 641. The van der Waals surface area contributed by atoms with E-state index in [9.17, 15) is 18.0 Å². The smallest absolute Gasteiger partial charge is 0.337 e. The molecule has 1 aromatic heterocycles. The van der Waals surface area contributed by atoms with Crippen molar-refractivity contribution >= 4 is 21.8 Å². The van der Waals surface area contributed by atoms with E-state index in [0.29, 0.717) is 4.47 Å². The van der Waals surface area contributed by atoms with Gasteiger partial charge in [0.25, 0.3) is 5.91 Å². The molecule has 2 aromatic rings. The zero-order valence-electron chi connectivity index (χ0n) is 10.9. The number of H-pyrrole nitrogens is 1. The van der Waals surface area contributed by atoms with Crippen molar-refractivity contribution < 1.29 is 18.0 Å². The third-order valence-corrected chi connectivity index (χ3v) is 3.54. The fourth-order valence-corrected chi connectivity index (χ4v) is 2.20. The molecule has 0 radical (unpaired) electrons. The van der Waals surface area contributed by atoms with Gasteiger partial charge in [0.2, 0.25) is 0 Å². The molecule has 0 bridgehead atoms. The van der Waals surface area contributed by atoms with Crippen molar-refractivity contribution in [1.29, 1.82) is 0 Å². The van der Waals surface area contributed by atoms with Gasteiger partial charge in [-0.05, 0) is 34.1 Å². The number of carbonyl (C=O) groups is 1. The van der Waals surface area contributed by atoms with Gasteiger partial charge in [0.15, 0.2) is 0 Å². The Kier molecular flexibility index (Phi) is 4.36. The van der Waals surface area contributed by atoms with Gasteiger partial charge >= 0.3 is 6.18 Å². The van der Waals surface area contributed by atoms with Gasteiger partial charge in [-0.3, -0.25) is 9.89 Å². The minimum Gasteiger partial charge on any atom is -0.337 e. The summed E-state index contributed by atoms with van der Waals surface area (Å²) in [6, 6.07) is 3.00. The zero-order chi connectivity index (χ0) is 15.6. The van der Waals surface area contributed by atoms with Crippen LogP contribution in [0.5, 0.6) is 0 Å². The lowest BCUT2D eigenvalue weighted by Gasteiger charge is -2.18. The largest absolute Gasteiger partial charge is 0.416 e. The average Bonchev–Trinajstić information content (AvgIpc) is 2.90. The maximum Gasteiger partial charge on any atom is 0.416 e. The minimum absolute atomic E-state index is 0.0316. The van der Waals surface area contributed by atoms with Gasteiger partial charge in [0.05, 0.1) is 17.3 Å². The van der Waals surface area contributed by atoms with Crippen molar-refractivity contribution in [3.63, 3.8) is 0 Å². The molecule has 0 saturated heterocycles. The second-order valence-corrected chi connectivity index (χ2v) is 5.31. The fraction of sp³-hybridized carbons (Fsp3) is 0.231. The molecule has 4 nitrogen and oxygen atoms in total. The van der Waals surface area contributed by atoms with E-state index in [2.05, 4.69) is 26.1 Å². The maximum atomic E-state index is 12.7. The number of nitrogens with zero attached hydrogens (tertiary/aromatic N) is 2. The Morgan fingerprint density at radius 2 is 2.14 bits per heavy atom. The first-order valence-electron chi connectivity index (χ1n) is 5.89. The molecule has 1 amide bonds. The van der Waals surface area contributed by atoms with E-state index in [-0.39, 0.29) is 12.1 Å². The Morgan fingerprint density at radius 3 is 2.71 bits per heavy atom. The van der Waals surface area contributed by atoms with E-state index in [1.54, 1.807) is 12.4 Å². The van der Waals surface area contributed by atoms with Crippen molar-refractivity contribution in [3.8, 4) is 0 Å². The molecule has 0 aliphatic carbocycles. The molecule has 0 spiro atoms. The molecule has 1 aromatic carbocycles. The van der Waals surface area contributed by atoms with Crippen molar-refractivity contribution in [3.05, 3.63) is 51.8 Å². The van der Waals surface area contributed by atoms with Crippen LogP contribution < -0.4 is 0 Å². The van der Waals surface area contributed by atoms with Crippen LogP contribution in [0.4, 0.5) is 13.2 Å². The maximum absolute atomic E-state index is 12.7. The number of rotatable bonds is 3. The van der Waals surface area contributed by atoms with Crippen LogP contribution in [-0.4, -0.2) is 28.1 Å². The Morgan fingerprint density at radius 1 is 1.43 bits per heavy atom. The standard InChI is InChI=1S/C13H11BrF3N3O/c1-20(7-8-5-18-19-6-8)12(21)10-4-9(13(15,16)17)2-3-11(10)14/h2-6H,7H2,1H3,(H,18,19). The number of alkyl halides is 3. The summed E-state index contributed by atoms with van der Waals surface area (Å²) in [6.07, 6.45) is -1.32. The SMILES string of the molecule is CN(Cc1cn[nH]c1)C(=O)c1cc(C(F)(F)F)ccc1Br. The Hall–Kier alpha value is -1.83. The van der Waals surface area contributed by atoms with Crippen molar-refractivity contribution in [1.82, 2.24) is 15.1 Å². The highest BCUT2D eigenvalue weighted by Crippen LogP contribution is 2.32. The first-order chi connectivity index (χ1) is 9.79. The topological polar surface area (TPSA) is 49.0 Å². The zero-order valence-corrected chi connectivity index (χ0v) is 12.5. The van der Waals surface area contributed by atoms with E-state index in [4.69, 9.17) is 0 Å². The summed E-state index contributed by atoms with van der Waals surface area (Å²) in [5.41, 5.74) is -0.129. The molecule has 0 unspecified atom stereocenters. The molecule has 1 N–H and O–H groups in total. The van der Waals surface area contributed by atoms with Gasteiger partial charge in [-0.25, -0.2) is 0 Å². The van der Waals surface area contributed by atoms with Crippen LogP contribution in [0.25, 0.3) is 0 Å². The normalized spacial score (nSPS) is 11.5. The minimum atomic E-state index is -4.49. The molecule has 0 fully saturated rings. The van der Waals surface area contributed by atoms with Gasteiger partial charge in [0.1, 0.15) is 0 Å². The number of aromatic nitrogens is 2. The van der Waals surface area contributed by atoms with E-state index < -0.39 is 17.6 Å². The molecular weight excluding hydrogens is 351 g/mol. The number of benzene rings is 1. The monoisotopic (exact) mass is 361 g/mol. The summed E-state index contributed by atoms with van der Waals surface area (Å²) in [4.78, 5) is 13.6. The second kappa shape index (κ2) is 5.88. The molecule has 0 atom stereocenters. The van der Waals surface area contributed by atoms with Crippen LogP contribution in [-0.2, 0) is 12.7 Å². The van der Waals surface area contributed by atoms with E-state index in [1.807, 2.05) is 0 Å². The van der Waals surface area contributed by atoms with E-state index in [1.165, 1.54) is 18.0 Å². The highest BCUT2D eigenvalue weighted by Gasteiger charge is 2.32. The van der Waals surface area contributed by atoms with Crippen LogP contribution in [0.15, 0.2) is 35.1 Å². The van der Waals surface area contributed by atoms with Crippen LogP contribution in [0.1, 0.15) is 21.5 Å². The predicted molar refractivity (Wildman–Crippen MR) is 73.5 cm³/mol. The van der Waals surface area contributed by atoms with Crippen molar-refractivity contribution in [2.45, 2.75) is 12.7 Å². The number of hydrogen-bond donors (Lipinski definition) is 1. The van der Waals surface area contributed by atoms with Gasteiger partial charge in [-0.15, -0.1) is 0 Å². The van der Waals surface area contributed by atoms with Crippen molar-refractivity contribution in [2.24, 2.45) is 0 Å². The Labute approximate surface area is 127 Å². The molecular formula is C13H11BrF3N3O. The summed E-state index contributed by atoms with van der Waals surface area (Å²) in [5.74, 6) is -0.505. The van der Waals surface area contributed by atoms with Crippen LogP contribution in [0.2, 0.25) is 0 Å².